The summed E-state index contributed by atoms with van der Waals surface area (Å²) in [6, 6.07) is 36.8. The minimum Gasteiger partial charge on any atom is -0.497 e. The van der Waals surface area contributed by atoms with Gasteiger partial charge < -0.3 is 9.47 Å². The summed E-state index contributed by atoms with van der Waals surface area (Å²) in [7, 11) is 3.36. The molecular formula is C29H24N2O2. The molecule has 0 saturated heterocycles. The van der Waals surface area contributed by atoms with Gasteiger partial charge in [-0.05, 0) is 42.0 Å². The zero-order chi connectivity index (χ0) is 22.6. The third-order valence-electron chi connectivity index (χ3n) is 5.68. The second-order valence-electron chi connectivity index (χ2n) is 7.64. The van der Waals surface area contributed by atoms with E-state index in [0.29, 0.717) is 0 Å². The van der Waals surface area contributed by atoms with Crippen LogP contribution in [0, 0.1) is 0 Å². The van der Waals surface area contributed by atoms with E-state index < -0.39 is 0 Å². The smallest absolute Gasteiger partial charge is 0.119 e. The molecule has 0 radical (unpaired) electrons. The molecule has 0 bridgehead atoms. The van der Waals surface area contributed by atoms with Gasteiger partial charge in [-0.25, -0.2) is 4.68 Å². The van der Waals surface area contributed by atoms with E-state index in [1.807, 2.05) is 65.3 Å². The SMILES string of the molecule is COc1ccc(-c2c(-c3ccccc3)nn(-c3ccc(OC)cc3)c2-c2ccccc2)cc1. The summed E-state index contributed by atoms with van der Waals surface area (Å²) in [6.07, 6.45) is 0. The van der Waals surface area contributed by atoms with Crippen molar-refractivity contribution in [2.24, 2.45) is 0 Å². The largest absolute Gasteiger partial charge is 0.497 e. The van der Waals surface area contributed by atoms with E-state index in [0.717, 1.165) is 50.8 Å². The molecule has 33 heavy (non-hydrogen) atoms. The maximum atomic E-state index is 5.40. The predicted octanol–water partition coefficient (Wildman–Crippen LogP) is 6.89. The number of ether oxygens (including phenoxy) is 2. The normalized spacial score (nSPS) is 10.7. The van der Waals surface area contributed by atoms with Crippen molar-refractivity contribution in [1.29, 1.82) is 0 Å². The molecule has 0 spiro atoms. The second-order valence-corrected chi connectivity index (χ2v) is 7.64. The van der Waals surface area contributed by atoms with Crippen molar-refractivity contribution in [2.45, 2.75) is 0 Å². The summed E-state index contributed by atoms with van der Waals surface area (Å²) in [5, 5.41) is 5.15. The fourth-order valence-electron chi connectivity index (χ4n) is 4.02. The van der Waals surface area contributed by atoms with Gasteiger partial charge in [0.05, 0.1) is 25.6 Å². The molecule has 0 aliphatic carbocycles. The van der Waals surface area contributed by atoms with E-state index in [1.54, 1.807) is 14.2 Å². The first kappa shape index (κ1) is 20.6. The maximum absolute atomic E-state index is 5.40. The van der Waals surface area contributed by atoms with Crippen molar-refractivity contribution in [1.82, 2.24) is 9.78 Å². The lowest BCUT2D eigenvalue weighted by Crippen LogP contribution is -1.99. The molecule has 0 aliphatic rings. The Hall–Kier alpha value is -4.31. The molecule has 5 aromatic rings. The van der Waals surface area contributed by atoms with Crippen LogP contribution in [0.1, 0.15) is 0 Å². The van der Waals surface area contributed by atoms with Crippen LogP contribution in [0.3, 0.4) is 0 Å². The minimum absolute atomic E-state index is 0.811. The Morgan fingerprint density at radius 3 is 1.61 bits per heavy atom. The lowest BCUT2D eigenvalue weighted by Gasteiger charge is -2.12. The predicted molar refractivity (Wildman–Crippen MR) is 133 cm³/mol. The van der Waals surface area contributed by atoms with Crippen LogP contribution in [0.2, 0.25) is 0 Å². The summed E-state index contributed by atoms with van der Waals surface area (Å²) in [4.78, 5) is 0. The minimum atomic E-state index is 0.811. The summed E-state index contributed by atoms with van der Waals surface area (Å²) in [5.41, 5.74) is 7.23. The molecule has 1 aromatic heterocycles. The molecule has 5 rings (SSSR count). The molecule has 1 heterocycles. The molecule has 0 amide bonds. The number of methoxy groups -OCH3 is 2. The van der Waals surface area contributed by atoms with Crippen molar-refractivity contribution in [2.75, 3.05) is 14.2 Å². The van der Waals surface area contributed by atoms with E-state index >= 15 is 0 Å². The Morgan fingerprint density at radius 2 is 1.06 bits per heavy atom. The molecule has 0 N–H and O–H groups in total. The highest BCUT2D eigenvalue weighted by atomic mass is 16.5. The highest BCUT2D eigenvalue weighted by Crippen LogP contribution is 2.41. The third-order valence-corrected chi connectivity index (χ3v) is 5.68. The lowest BCUT2D eigenvalue weighted by atomic mass is 9.95. The first-order valence-electron chi connectivity index (χ1n) is 10.8. The van der Waals surface area contributed by atoms with Gasteiger partial charge in [0.2, 0.25) is 0 Å². The van der Waals surface area contributed by atoms with Gasteiger partial charge in [-0.15, -0.1) is 0 Å². The van der Waals surface area contributed by atoms with E-state index in [4.69, 9.17) is 14.6 Å². The number of rotatable bonds is 6. The molecule has 0 atom stereocenters. The Balaban J connectivity index is 1.83. The fourth-order valence-corrected chi connectivity index (χ4v) is 4.02. The van der Waals surface area contributed by atoms with Gasteiger partial charge in [0.15, 0.2) is 0 Å². The van der Waals surface area contributed by atoms with Crippen molar-refractivity contribution in [3.63, 3.8) is 0 Å². The Morgan fingerprint density at radius 1 is 0.545 bits per heavy atom. The molecule has 0 aliphatic heterocycles. The Kier molecular flexibility index (Phi) is 5.64. The van der Waals surface area contributed by atoms with Crippen LogP contribution < -0.4 is 9.47 Å². The molecule has 4 heteroatoms. The van der Waals surface area contributed by atoms with Crippen molar-refractivity contribution in [3.8, 4) is 50.8 Å². The summed E-state index contributed by atoms with van der Waals surface area (Å²) >= 11 is 0. The topological polar surface area (TPSA) is 36.3 Å². The highest BCUT2D eigenvalue weighted by Gasteiger charge is 2.23. The average Bonchev–Trinajstić information content (AvgIpc) is 3.30. The van der Waals surface area contributed by atoms with Gasteiger partial charge >= 0.3 is 0 Å². The molecule has 162 valence electrons. The monoisotopic (exact) mass is 432 g/mol. The van der Waals surface area contributed by atoms with Crippen molar-refractivity contribution >= 4 is 0 Å². The van der Waals surface area contributed by atoms with Crippen LogP contribution in [-0.4, -0.2) is 24.0 Å². The number of hydrogen-bond acceptors (Lipinski definition) is 3. The second kappa shape index (κ2) is 9.05. The van der Waals surface area contributed by atoms with Crippen LogP contribution in [0.25, 0.3) is 39.3 Å². The van der Waals surface area contributed by atoms with Gasteiger partial charge in [-0.3, -0.25) is 0 Å². The molecule has 0 unspecified atom stereocenters. The van der Waals surface area contributed by atoms with E-state index in [-0.39, 0.29) is 0 Å². The third kappa shape index (κ3) is 3.99. The fraction of sp³-hybridized carbons (Fsp3) is 0.0690. The van der Waals surface area contributed by atoms with E-state index in [2.05, 4.69) is 48.5 Å². The van der Waals surface area contributed by atoms with Gasteiger partial charge in [-0.1, -0.05) is 72.8 Å². The molecule has 4 nitrogen and oxygen atoms in total. The molecule has 0 saturated carbocycles. The van der Waals surface area contributed by atoms with E-state index in [9.17, 15) is 0 Å². The highest BCUT2D eigenvalue weighted by molar-refractivity contribution is 5.92. The standard InChI is InChI=1S/C29H24N2O2/c1-32-25-17-13-21(14-18-25)27-28(22-9-5-3-6-10-22)30-31(24-15-19-26(33-2)20-16-24)29(27)23-11-7-4-8-12-23/h3-20H,1-2H3. The van der Waals surface area contributed by atoms with Crippen LogP contribution in [0.15, 0.2) is 109 Å². The molecular weight excluding hydrogens is 408 g/mol. The van der Waals surface area contributed by atoms with Crippen LogP contribution in [0.5, 0.6) is 11.5 Å². The van der Waals surface area contributed by atoms with Crippen molar-refractivity contribution < 1.29 is 9.47 Å². The average molecular weight is 433 g/mol. The van der Waals surface area contributed by atoms with E-state index in [1.165, 1.54) is 0 Å². The Bertz CT molecular complexity index is 1340. The Labute approximate surface area is 193 Å². The first-order chi connectivity index (χ1) is 16.3. The van der Waals surface area contributed by atoms with Crippen LogP contribution in [-0.2, 0) is 0 Å². The van der Waals surface area contributed by atoms with Crippen LogP contribution in [0.4, 0.5) is 0 Å². The van der Waals surface area contributed by atoms with Crippen LogP contribution >= 0.6 is 0 Å². The summed E-state index contributed by atoms with van der Waals surface area (Å²) in [6.45, 7) is 0. The molecule has 0 fully saturated rings. The number of benzene rings is 4. The van der Waals surface area contributed by atoms with Gasteiger partial charge in [-0.2, -0.15) is 5.10 Å². The number of aromatic nitrogens is 2. The summed E-state index contributed by atoms with van der Waals surface area (Å²) in [5.74, 6) is 1.63. The molecule has 4 aromatic carbocycles. The number of hydrogen-bond donors (Lipinski definition) is 0. The van der Waals surface area contributed by atoms with Crippen molar-refractivity contribution in [3.05, 3.63) is 109 Å². The zero-order valence-electron chi connectivity index (χ0n) is 18.6. The van der Waals surface area contributed by atoms with Gasteiger partial charge in [0, 0.05) is 16.7 Å². The van der Waals surface area contributed by atoms with Gasteiger partial charge in [0.25, 0.3) is 0 Å². The quantitative estimate of drug-likeness (QED) is 0.293. The summed E-state index contributed by atoms with van der Waals surface area (Å²) < 4.78 is 12.8. The van der Waals surface area contributed by atoms with Gasteiger partial charge in [0.1, 0.15) is 17.2 Å². The zero-order valence-corrected chi connectivity index (χ0v) is 18.6. The maximum Gasteiger partial charge on any atom is 0.119 e. The number of nitrogens with zero attached hydrogens (tertiary/aromatic N) is 2. The first-order valence-corrected chi connectivity index (χ1v) is 10.8. The lowest BCUT2D eigenvalue weighted by molar-refractivity contribution is 0.414.